The van der Waals surface area contributed by atoms with E-state index in [-0.39, 0.29) is 17.1 Å². The molecular weight excluding hydrogens is 376 g/mol. The molecule has 1 aromatic rings. The molecule has 0 spiro atoms. The summed E-state index contributed by atoms with van der Waals surface area (Å²) in [5, 5.41) is 6.54. The van der Waals surface area contributed by atoms with Crippen molar-refractivity contribution < 1.29 is 13.2 Å². The van der Waals surface area contributed by atoms with Crippen LogP contribution in [0.4, 0.5) is 5.69 Å². The van der Waals surface area contributed by atoms with E-state index in [9.17, 15) is 13.2 Å². The Morgan fingerprint density at radius 1 is 1.21 bits per heavy atom. The number of benzene rings is 1. The van der Waals surface area contributed by atoms with Crippen LogP contribution in [-0.2, 0) is 21.2 Å². The van der Waals surface area contributed by atoms with Gasteiger partial charge in [-0.1, -0.05) is 26.0 Å². The summed E-state index contributed by atoms with van der Waals surface area (Å²) in [6.45, 7) is 6.10. The van der Waals surface area contributed by atoms with Crippen LogP contribution in [-0.4, -0.2) is 52.4 Å². The Labute approximate surface area is 168 Å². The summed E-state index contributed by atoms with van der Waals surface area (Å²) in [6.07, 6.45) is 3.41. The molecule has 156 valence electrons. The van der Waals surface area contributed by atoms with Gasteiger partial charge in [0.05, 0.1) is 5.75 Å². The summed E-state index contributed by atoms with van der Waals surface area (Å²) in [4.78, 5) is 17.9. The highest BCUT2D eigenvalue weighted by atomic mass is 32.2. The van der Waals surface area contributed by atoms with Crippen molar-refractivity contribution in [2.45, 2.75) is 39.7 Å². The Hall–Kier alpha value is -2.09. The number of hydrogen-bond donors (Lipinski definition) is 2. The van der Waals surface area contributed by atoms with Crippen molar-refractivity contribution in [2.75, 3.05) is 37.0 Å². The zero-order valence-corrected chi connectivity index (χ0v) is 18.1. The van der Waals surface area contributed by atoms with Crippen molar-refractivity contribution in [3.05, 3.63) is 29.8 Å². The van der Waals surface area contributed by atoms with Gasteiger partial charge in [0, 0.05) is 45.0 Å². The van der Waals surface area contributed by atoms with Gasteiger partial charge < -0.3 is 15.5 Å². The average molecular weight is 409 g/mol. The minimum absolute atomic E-state index is 0.162. The van der Waals surface area contributed by atoms with Crippen LogP contribution in [0.5, 0.6) is 0 Å². The van der Waals surface area contributed by atoms with Gasteiger partial charge >= 0.3 is 0 Å². The summed E-state index contributed by atoms with van der Waals surface area (Å²) < 4.78 is 22.8. The van der Waals surface area contributed by atoms with Gasteiger partial charge in [-0.3, -0.25) is 9.79 Å². The number of nitrogens with one attached hydrogen (secondary N) is 2. The normalized spacial score (nSPS) is 15.8. The molecule has 0 bridgehead atoms. The molecule has 0 saturated carbocycles. The average Bonchev–Trinajstić information content (AvgIpc) is 3.06. The first kappa shape index (κ1) is 22.2. The van der Waals surface area contributed by atoms with E-state index < -0.39 is 9.84 Å². The number of anilines is 1. The monoisotopic (exact) mass is 408 g/mol. The Morgan fingerprint density at radius 3 is 2.43 bits per heavy atom. The zero-order valence-electron chi connectivity index (χ0n) is 17.3. The number of guanidine groups is 1. The van der Waals surface area contributed by atoms with Crippen LogP contribution in [0.15, 0.2) is 29.3 Å². The van der Waals surface area contributed by atoms with E-state index in [4.69, 9.17) is 0 Å². The van der Waals surface area contributed by atoms with Crippen molar-refractivity contribution in [1.82, 2.24) is 10.6 Å². The minimum atomic E-state index is -2.96. The second kappa shape index (κ2) is 9.41. The SMILES string of the molecule is CN=C(NCc1ccc(N2CCCC2=O)cc1)NCC(C)(C)CCS(C)(=O)=O. The molecule has 1 fully saturated rings. The third-order valence-electron chi connectivity index (χ3n) is 4.89. The van der Waals surface area contributed by atoms with E-state index in [0.29, 0.717) is 31.9 Å². The van der Waals surface area contributed by atoms with E-state index in [1.165, 1.54) is 6.26 Å². The maximum atomic E-state index is 11.8. The fourth-order valence-corrected chi connectivity index (χ4v) is 3.92. The van der Waals surface area contributed by atoms with Crippen molar-refractivity contribution in [3.63, 3.8) is 0 Å². The van der Waals surface area contributed by atoms with Gasteiger partial charge in [0.1, 0.15) is 9.84 Å². The molecule has 8 heteroatoms. The molecule has 1 aromatic carbocycles. The van der Waals surface area contributed by atoms with E-state index in [2.05, 4.69) is 15.6 Å². The second-order valence-electron chi connectivity index (χ2n) is 8.14. The number of carbonyl (C=O) groups excluding carboxylic acids is 1. The molecular formula is C20H32N4O3S. The highest BCUT2D eigenvalue weighted by molar-refractivity contribution is 7.90. The molecule has 1 heterocycles. The third kappa shape index (κ3) is 7.14. The van der Waals surface area contributed by atoms with Gasteiger partial charge in [0.15, 0.2) is 5.96 Å². The molecule has 28 heavy (non-hydrogen) atoms. The first-order valence-corrected chi connectivity index (χ1v) is 11.7. The first-order valence-electron chi connectivity index (χ1n) is 9.61. The van der Waals surface area contributed by atoms with Crippen LogP contribution in [0.1, 0.15) is 38.7 Å². The van der Waals surface area contributed by atoms with Gasteiger partial charge in [-0.25, -0.2) is 8.42 Å². The molecule has 1 saturated heterocycles. The number of rotatable bonds is 8. The van der Waals surface area contributed by atoms with Crippen molar-refractivity contribution in [1.29, 1.82) is 0 Å². The van der Waals surface area contributed by atoms with Crippen LogP contribution in [0.3, 0.4) is 0 Å². The first-order chi connectivity index (χ1) is 13.1. The number of aliphatic imine (C=N–C) groups is 1. The Kier molecular flexibility index (Phi) is 7.46. The molecule has 7 nitrogen and oxygen atoms in total. The van der Waals surface area contributed by atoms with Gasteiger partial charge in [0.2, 0.25) is 5.91 Å². The van der Waals surface area contributed by atoms with Crippen LogP contribution in [0, 0.1) is 5.41 Å². The third-order valence-corrected chi connectivity index (χ3v) is 5.83. The molecule has 0 radical (unpaired) electrons. The summed E-state index contributed by atoms with van der Waals surface area (Å²) in [6, 6.07) is 7.98. The summed E-state index contributed by atoms with van der Waals surface area (Å²) in [5.41, 5.74) is 1.88. The predicted octanol–water partition coefficient (Wildman–Crippen LogP) is 1.94. The van der Waals surface area contributed by atoms with Crippen molar-refractivity contribution in [3.8, 4) is 0 Å². The smallest absolute Gasteiger partial charge is 0.227 e. The fourth-order valence-electron chi connectivity index (χ4n) is 2.99. The number of hydrogen-bond acceptors (Lipinski definition) is 4. The maximum absolute atomic E-state index is 11.8. The lowest BCUT2D eigenvalue weighted by molar-refractivity contribution is -0.117. The minimum Gasteiger partial charge on any atom is -0.356 e. The molecule has 0 unspecified atom stereocenters. The highest BCUT2D eigenvalue weighted by Crippen LogP contribution is 2.22. The number of amides is 1. The van der Waals surface area contributed by atoms with Crippen LogP contribution in [0.25, 0.3) is 0 Å². The van der Waals surface area contributed by atoms with Crippen LogP contribution < -0.4 is 15.5 Å². The largest absolute Gasteiger partial charge is 0.356 e. The molecule has 0 atom stereocenters. The van der Waals surface area contributed by atoms with Gasteiger partial charge in [0.25, 0.3) is 0 Å². The maximum Gasteiger partial charge on any atom is 0.227 e. The molecule has 2 rings (SSSR count). The Bertz CT molecular complexity index is 801. The molecule has 1 aliphatic rings. The number of sulfone groups is 1. The van der Waals surface area contributed by atoms with Crippen molar-refractivity contribution in [2.24, 2.45) is 10.4 Å². The molecule has 2 N–H and O–H groups in total. The molecule has 1 aliphatic heterocycles. The lowest BCUT2D eigenvalue weighted by Gasteiger charge is -2.25. The number of carbonyl (C=O) groups is 1. The van der Waals surface area contributed by atoms with Gasteiger partial charge in [-0.05, 0) is 36.0 Å². The molecule has 1 amide bonds. The predicted molar refractivity (Wildman–Crippen MR) is 114 cm³/mol. The molecule has 0 aliphatic carbocycles. The summed E-state index contributed by atoms with van der Waals surface area (Å²) in [7, 11) is -1.25. The Morgan fingerprint density at radius 2 is 1.89 bits per heavy atom. The Balaban J connectivity index is 1.82. The standard InChI is InChI=1S/C20H32N4O3S/c1-20(2,11-13-28(4,26)27)15-23-19(21-3)22-14-16-7-9-17(10-8-16)24-12-5-6-18(24)25/h7-10H,5-6,11-15H2,1-4H3,(H2,21,22,23). The topological polar surface area (TPSA) is 90.9 Å². The second-order valence-corrected chi connectivity index (χ2v) is 10.4. The lowest BCUT2D eigenvalue weighted by Crippen LogP contribution is -2.42. The van der Waals surface area contributed by atoms with E-state index in [1.54, 1.807) is 7.05 Å². The van der Waals surface area contributed by atoms with Crippen molar-refractivity contribution >= 4 is 27.4 Å². The highest BCUT2D eigenvalue weighted by Gasteiger charge is 2.22. The fraction of sp³-hybridized carbons (Fsp3) is 0.600. The lowest BCUT2D eigenvalue weighted by atomic mass is 9.90. The number of nitrogens with zero attached hydrogens (tertiary/aromatic N) is 2. The molecule has 0 aromatic heterocycles. The van der Waals surface area contributed by atoms with E-state index in [1.807, 2.05) is 43.0 Å². The van der Waals surface area contributed by atoms with E-state index in [0.717, 1.165) is 24.2 Å². The van der Waals surface area contributed by atoms with Crippen LogP contribution >= 0.6 is 0 Å². The zero-order chi connectivity index (χ0) is 20.8. The van der Waals surface area contributed by atoms with Gasteiger partial charge in [-0.15, -0.1) is 0 Å². The van der Waals surface area contributed by atoms with E-state index >= 15 is 0 Å². The quantitative estimate of drug-likeness (QED) is 0.507. The summed E-state index contributed by atoms with van der Waals surface area (Å²) in [5.74, 6) is 1.04. The summed E-state index contributed by atoms with van der Waals surface area (Å²) >= 11 is 0. The van der Waals surface area contributed by atoms with Crippen LogP contribution in [0.2, 0.25) is 0 Å². The van der Waals surface area contributed by atoms with Gasteiger partial charge in [-0.2, -0.15) is 0 Å².